The van der Waals surface area contributed by atoms with E-state index in [1.54, 1.807) is 0 Å². The zero-order valence-electron chi connectivity index (χ0n) is 31.8. The molecule has 1 amide bonds. The number of aliphatic carboxylic acids is 1. The molecule has 0 fully saturated rings. The molecule has 52 heavy (non-hydrogen) atoms. The van der Waals surface area contributed by atoms with Crippen LogP contribution in [0.1, 0.15) is 0 Å². The normalized spacial score (nSPS) is 11.8. The van der Waals surface area contributed by atoms with Crippen LogP contribution in [0.25, 0.3) is 0 Å². The molecule has 0 atom stereocenters. The third kappa shape index (κ3) is 46.6. The Kier molecular flexibility index (Phi) is 39.7. The molecule has 0 bridgehead atoms. The van der Waals surface area contributed by atoms with Gasteiger partial charge < -0.3 is 76.4 Å². The summed E-state index contributed by atoms with van der Waals surface area (Å²) in [4.78, 5) is 21.7. The van der Waals surface area contributed by atoms with Crippen LogP contribution in [0.15, 0.2) is 0 Å². The maximum absolute atomic E-state index is 11.4. The van der Waals surface area contributed by atoms with E-state index >= 15 is 0 Å². The molecule has 19 heteroatoms. The second-order valence-corrected chi connectivity index (χ2v) is 16.1. The fourth-order valence-corrected chi connectivity index (χ4v) is 4.17. The minimum absolute atomic E-state index is 0.299. The average Bonchev–Trinajstić information content (AvgIpc) is 3.10. The van der Waals surface area contributed by atoms with E-state index in [0.717, 1.165) is 0 Å². The first-order valence-electron chi connectivity index (χ1n) is 17.9. The molecule has 0 radical (unpaired) electrons. The predicted molar refractivity (Wildman–Crippen MR) is 191 cm³/mol. The molecule has 0 heterocycles. The number of rotatable bonds is 44. The van der Waals surface area contributed by atoms with Gasteiger partial charge in [0.25, 0.3) is 0 Å². The highest BCUT2D eigenvalue weighted by Gasteiger charge is 2.13. The molecule has 2 N–H and O–H groups in total. The van der Waals surface area contributed by atoms with Gasteiger partial charge in [0, 0.05) is 6.54 Å². The minimum Gasteiger partial charge on any atom is -0.480 e. The third-order valence-electron chi connectivity index (χ3n) is 5.88. The molecule has 0 saturated heterocycles. The zero-order valence-corrected chi connectivity index (χ0v) is 32.8. The Labute approximate surface area is 310 Å². The summed E-state index contributed by atoms with van der Waals surface area (Å²) in [5, 5.41) is 11.0. The number of ether oxygens (including phenoxy) is 13. The molecule has 0 aromatic heterocycles. The van der Waals surface area contributed by atoms with Gasteiger partial charge in [-0.1, -0.05) is 0 Å². The van der Waals surface area contributed by atoms with Crippen molar-refractivity contribution in [3.05, 3.63) is 0 Å². The van der Waals surface area contributed by atoms with E-state index < -0.39 is 26.8 Å². The van der Waals surface area contributed by atoms with Crippen molar-refractivity contribution in [2.75, 3.05) is 185 Å². The molecule has 310 valence electrons. The first-order chi connectivity index (χ1) is 25.3. The first-order valence-corrected chi connectivity index (χ1v) is 21.3. The van der Waals surface area contributed by atoms with E-state index in [2.05, 4.69) is 29.7 Å². The van der Waals surface area contributed by atoms with E-state index in [1.165, 1.54) is 0 Å². The predicted octanol–water partition coefficient (Wildman–Crippen LogP) is 0.255. The molecule has 0 aromatic carbocycles. The summed E-state index contributed by atoms with van der Waals surface area (Å²) in [5.41, 5.74) is 0. The smallest absolute Gasteiger partial charge is 0.329 e. The second kappa shape index (κ2) is 40.8. The van der Waals surface area contributed by atoms with Gasteiger partial charge in [0.2, 0.25) is 5.91 Å². The lowest BCUT2D eigenvalue weighted by molar-refractivity contribution is -0.143. The Bertz CT molecular complexity index is 767. The van der Waals surface area contributed by atoms with Gasteiger partial charge in [0.05, 0.1) is 165 Å². The van der Waals surface area contributed by atoms with E-state index in [9.17, 15) is 9.59 Å². The van der Waals surface area contributed by atoms with Crippen LogP contribution in [0.4, 0.5) is 0 Å². The summed E-state index contributed by atoms with van der Waals surface area (Å²) in [6, 6.07) is 0. The van der Waals surface area contributed by atoms with Crippen molar-refractivity contribution >= 4 is 20.2 Å². The maximum atomic E-state index is 11.4. The molecule has 18 nitrogen and oxygen atoms in total. The molecule has 0 aromatic rings. The van der Waals surface area contributed by atoms with Crippen molar-refractivity contribution in [3.63, 3.8) is 0 Å². The van der Waals surface area contributed by atoms with Gasteiger partial charge >= 0.3 is 5.97 Å². The van der Waals surface area contributed by atoms with Crippen LogP contribution < -0.4 is 5.32 Å². The van der Waals surface area contributed by atoms with Crippen LogP contribution in [-0.2, 0) is 75.6 Å². The van der Waals surface area contributed by atoms with Crippen LogP contribution >= 0.6 is 0 Å². The fourth-order valence-electron chi connectivity index (χ4n) is 3.47. The van der Waals surface area contributed by atoms with Crippen molar-refractivity contribution in [1.82, 2.24) is 5.32 Å². The van der Waals surface area contributed by atoms with Crippen molar-refractivity contribution in [1.29, 1.82) is 0 Å². The average molecular weight is 778 g/mol. The Balaban J connectivity index is 3.10. The summed E-state index contributed by atoms with van der Waals surface area (Å²) in [6.45, 7) is 18.1. The number of nitrogens with one attached hydrogen (secondary N) is 1. The number of carbonyl (C=O) groups is 2. The summed E-state index contributed by atoms with van der Waals surface area (Å²) >= 11 is 0. The summed E-state index contributed by atoms with van der Waals surface area (Å²) < 4.78 is 75.8. The second-order valence-electron chi connectivity index (χ2n) is 11.5. The lowest BCUT2D eigenvalue weighted by Gasteiger charge is -2.16. The molecule has 0 saturated carbocycles. The largest absolute Gasteiger partial charge is 0.480 e. The van der Waals surface area contributed by atoms with E-state index in [1.807, 2.05) is 0 Å². The van der Waals surface area contributed by atoms with E-state index in [-0.39, 0.29) is 6.61 Å². The van der Waals surface area contributed by atoms with E-state index in [0.29, 0.717) is 172 Å². The van der Waals surface area contributed by atoms with Gasteiger partial charge in [-0.3, -0.25) is 4.79 Å². The number of carbonyl (C=O) groups excluding carboxylic acids is 1. The van der Waals surface area contributed by atoms with Gasteiger partial charge in [-0.05, 0) is 19.6 Å². The Morgan fingerprint density at radius 2 is 0.635 bits per heavy atom. The Hall–Kier alpha value is -1.40. The quantitative estimate of drug-likeness (QED) is 0.0631. The third-order valence-corrected chi connectivity index (χ3v) is 6.95. The van der Waals surface area contributed by atoms with Crippen LogP contribution in [0.2, 0.25) is 19.6 Å². The highest BCUT2D eigenvalue weighted by molar-refractivity contribution is 6.69. The van der Waals surface area contributed by atoms with E-state index in [4.69, 9.17) is 66.4 Å². The number of carboxylic acids is 1. The van der Waals surface area contributed by atoms with Gasteiger partial charge in [0.1, 0.15) is 13.2 Å². The highest BCUT2D eigenvalue weighted by atomic mass is 28.4. The van der Waals surface area contributed by atoms with Crippen LogP contribution in [0, 0.1) is 0 Å². The minimum atomic E-state index is -1.46. The van der Waals surface area contributed by atoms with Gasteiger partial charge in [0.15, 0.2) is 8.32 Å². The van der Waals surface area contributed by atoms with Gasteiger partial charge in [-0.25, -0.2) is 4.79 Å². The molecular formula is C33H67NO17Si. The Morgan fingerprint density at radius 1 is 0.385 bits per heavy atom. The maximum Gasteiger partial charge on any atom is 0.329 e. The number of amides is 1. The monoisotopic (exact) mass is 777 g/mol. The first kappa shape index (κ1) is 50.6. The highest BCUT2D eigenvalue weighted by Crippen LogP contribution is 2.01. The SMILES string of the molecule is C[Si](C)(C)OCCOCCOCCOCCOCCOCCOCCOCCOCCOCCOCCOCCOCCNC(=O)COCC(=O)O. The van der Waals surface area contributed by atoms with Crippen LogP contribution in [0.3, 0.4) is 0 Å². The lowest BCUT2D eigenvalue weighted by Crippen LogP contribution is -2.31. The summed E-state index contributed by atoms with van der Waals surface area (Å²) in [5.74, 6) is -1.52. The molecular weight excluding hydrogens is 710 g/mol. The zero-order chi connectivity index (χ0) is 38.1. The summed E-state index contributed by atoms with van der Waals surface area (Å²) in [7, 11) is -1.46. The molecule has 0 aliphatic carbocycles. The lowest BCUT2D eigenvalue weighted by atomic mass is 10.6. The van der Waals surface area contributed by atoms with Crippen molar-refractivity contribution in [2.24, 2.45) is 0 Å². The van der Waals surface area contributed by atoms with Crippen LogP contribution in [0.5, 0.6) is 0 Å². The van der Waals surface area contributed by atoms with Gasteiger partial charge in [-0.2, -0.15) is 0 Å². The topological polar surface area (TPSA) is 196 Å². The number of hydrogen-bond donors (Lipinski definition) is 2. The molecule has 0 spiro atoms. The molecule has 0 aliphatic heterocycles. The van der Waals surface area contributed by atoms with Crippen LogP contribution in [-0.4, -0.2) is 210 Å². The Morgan fingerprint density at radius 3 is 0.885 bits per heavy atom. The fraction of sp³-hybridized carbons (Fsp3) is 0.939. The van der Waals surface area contributed by atoms with Gasteiger partial charge in [-0.15, -0.1) is 0 Å². The number of hydrogen-bond acceptors (Lipinski definition) is 16. The number of carboxylic acid groups (broad SMARTS) is 1. The molecule has 0 aliphatic rings. The summed E-state index contributed by atoms with van der Waals surface area (Å²) in [6.07, 6.45) is 0. The van der Waals surface area contributed by atoms with Crippen molar-refractivity contribution < 1.29 is 80.7 Å². The molecule has 0 unspecified atom stereocenters. The molecule has 0 rings (SSSR count). The standard InChI is InChI=1S/C33H67NO17Si/c1-52(2,3)51-29-28-49-27-26-48-25-24-47-23-22-46-21-20-45-19-18-44-17-16-43-15-14-42-13-12-41-11-10-40-9-8-39-7-6-38-5-4-34-32(35)30-50-31-33(36)37/h4-31H2,1-3H3,(H,34,35)(H,36,37). The van der Waals surface area contributed by atoms with Crippen molar-refractivity contribution in [2.45, 2.75) is 19.6 Å². The van der Waals surface area contributed by atoms with Crippen molar-refractivity contribution in [3.8, 4) is 0 Å².